The highest BCUT2D eigenvalue weighted by Gasteiger charge is 2.46. The fourth-order valence-corrected chi connectivity index (χ4v) is 17.0. The molecule has 19 rings (SSSR count). The molecule has 0 spiro atoms. The van der Waals surface area contributed by atoms with Crippen LogP contribution in [0.4, 0.5) is 34.1 Å². The highest BCUT2D eigenvalue weighted by molar-refractivity contribution is 7.00. The van der Waals surface area contributed by atoms with Gasteiger partial charge in [-0.3, -0.25) is 0 Å². The molecular weight excluding hydrogens is 1330 g/mol. The van der Waals surface area contributed by atoms with E-state index in [2.05, 4.69) is 264 Å². The van der Waals surface area contributed by atoms with Gasteiger partial charge < -0.3 is 23.4 Å². The van der Waals surface area contributed by atoms with E-state index in [1.165, 1.54) is 11.1 Å². The van der Waals surface area contributed by atoms with Gasteiger partial charge in [-0.15, -0.1) is 0 Å². The molecule has 0 atom stereocenters. The van der Waals surface area contributed by atoms with Crippen molar-refractivity contribution in [2.75, 3.05) is 9.80 Å². The Morgan fingerprint density at radius 3 is 1.24 bits per heavy atom. The molecule has 2 aliphatic heterocycles. The first-order chi connectivity index (χ1) is 58.1. The zero-order valence-corrected chi connectivity index (χ0v) is 65.0. The smallest absolute Gasteiger partial charge is 0.252 e. The lowest BCUT2D eigenvalue weighted by Gasteiger charge is -2.45. The number of benzene rings is 14. The fourth-order valence-electron chi connectivity index (χ4n) is 17.0. The van der Waals surface area contributed by atoms with E-state index >= 15 is 0 Å². The van der Waals surface area contributed by atoms with Gasteiger partial charge in [-0.1, -0.05) is 310 Å². The summed E-state index contributed by atoms with van der Waals surface area (Å²) in [5, 5.41) is 3.71. The van der Waals surface area contributed by atoms with E-state index in [4.69, 9.17) is 5.79 Å². The van der Waals surface area contributed by atoms with E-state index in [0.717, 1.165) is 110 Å². The van der Waals surface area contributed by atoms with Crippen molar-refractivity contribution < 1.29 is 22.2 Å². The first-order valence-electron chi connectivity index (χ1n) is 44.8. The van der Waals surface area contributed by atoms with Gasteiger partial charge in [-0.2, -0.15) is 0 Å². The molecule has 110 heavy (non-hydrogen) atoms. The van der Waals surface area contributed by atoms with Crippen LogP contribution in [0.2, 0.25) is 0 Å². The predicted molar refractivity (Wildman–Crippen MR) is 472 cm³/mol. The van der Waals surface area contributed by atoms with Gasteiger partial charge in [0.1, 0.15) is 0 Å². The second-order valence-corrected chi connectivity index (χ2v) is 35.2. The Morgan fingerprint density at radius 1 is 0.282 bits per heavy atom. The molecule has 14 aromatic carbocycles. The van der Waals surface area contributed by atoms with Crippen LogP contribution < -0.4 is 26.2 Å². The number of para-hydroxylation sites is 4. The molecule has 0 bridgehead atoms. The Balaban J connectivity index is 1.02. The predicted octanol–water partition coefficient (Wildman–Crippen LogP) is 27.0. The van der Waals surface area contributed by atoms with Crippen LogP contribution in [-0.2, 0) is 27.1 Å². The van der Waals surface area contributed by atoms with Crippen molar-refractivity contribution >= 4 is 123 Å². The Labute approximate surface area is 666 Å². The molecule has 0 saturated carbocycles. The van der Waals surface area contributed by atoms with Crippen LogP contribution in [-0.4, -0.2) is 15.8 Å². The normalized spacial score (nSPS) is 15.0. The third-order valence-electron chi connectivity index (χ3n) is 23.0. The second-order valence-electron chi connectivity index (χ2n) is 35.2. The topological polar surface area (TPSA) is 29.5 Å². The summed E-state index contributed by atoms with van der Waals surface area (Å²) in [6.07, 6.45) is 0. The first kappa shape index (κ1) is 55.5. The number of fused-ring (bicyclic) bond motifs is 13. The summed E-state index contributed by atoms with van der Waals surface area (Å²) in [5.41, 5.74) is 20.2. The SMILES string of the molecule is [2H]c1c([2H])c([2H])c(-c2ccc3c(c2)N(c2c(-c4ccccc4)cc(C(C)(C)C)cc2-c2ccccc2)c2cc(-n4c5c([2H])c([2H])c([2H])c([2H])c5c5c([2H])c([2H])c([2H])c([2H])c54)cc4c2B3c2ccc(-c3cc(C(C)(C)C)cc(C(C)(C)C)c3)cc2N4c2cccc3c2oc2c(-n4c5ccc(C(C)(C)C)cc5c5cc(C(C)(C)C)ccc54)cccc23)c([2H])c1[2H]. The summed E-state index contributed by atoms with van der Waals surface area (Å²) < 4.78 is 137. The average molecular weight is 1440 g/mol. The van der Waals surface area contributed by atoms with Gasteiger partial charge in [0.2, 0.25) is 0 Å². The average Bonchev–Trinajstić information content (AvgIpc) is 1.60. The van der Waals surface area contributed by atoms with E-state index in [0.29, 0.717) is 45.2 Å². The molecule has 2 aliphatic rings. The molecule has 0 fully saturated rings. The minimum absolute atomic E-state index is 0.0104. The molecular formula is C104H93BN4O. The van der Waals surface area contributed by atoms with E-state index in [1.807, 2.05) is 66.7 Å². The molecule has 5 nitrogen and oxygen atoms in total. The highest BCUT2D eigenvalue weighted by atomic mass is 16.3. The van der Waals surface area contributed by atoms with Gasteiger partial charge in [0.25, 0.3) is 6.71 Å². The third kappa shape index (κ3) is 11.1. The van der Waals surface area contributed by atoms with Crippen molar-refractivity contribution in [1.29, 1.82) is 0 Å². The minimum Gasteiger partial charge on any atom is -0.452 e. The van der Waals surface area contributed by atoms with Crippen molar-refractivity contribution in [2.24, 2.45) is 0 Å². The van der Waals surface area contributed by atoms with Gasteiger partial charge in [0.05, 0.1) is 62.6 Å². The Kier molecular flexibility index (Phi) is 12.5. The van der Waals surface area contributed by atoms with Crippen LogP contribution in [0.25, 0.3) is 121 Å². The van der Waals surface area contributed by atoms with Gasteiger partial charge in [-0.05, 0) is 190 Å². The third-order valence-corrected chi connectivity index (χ3v) is 23.0. The molecule has 5 heterocycles. The number of rotatable bonds is 8. The number of nitrogens with zero attached hydrogens (tertiary/aromatic N) is 4. The van der Waals surface area contributed by atoms with E-state index < -0.39 is 78.6 Å². The summed E-state index contributed by atoms with van der Waals surface area (Å²) in [5.74, 6) is 0. The van der Waals surface area contributed by atoms with Crippen molar-refractivity contribution in [3.05, 3.63) is 319 Å². The van der Waals surface area contributed by atoms with E-state index in [-0.39, 0.29) is 66.8 Å². The summed E-state index contributed by atoms with van der Waals surface area (Å²) in [7, 11) is 0. The lowest BCUT2D eigenvalue weighted by atomic mass is 9.33. The fraction of sp³-hybridized carbons (Fsp3) is 0.192. The molecule has 0 saturated heterocycles. The summed E-state index contributed by atoms with van der Waals surface area (Å²) in [6.45, 7) is 32.7. The molecule has 17 aromatic rings. The lowest BCUT2D eigenvalue weighted by molar-refractivity contribution is 0.569. The maximum Gasteiger partial charge on any atom is 0.252 e. The van der Waals surface area contributed by atoms with Crippen molar-refractivity contribution in [1.82, 2.24) is 9.13 Å². The molecule has 0 N–H and O–H groups in total. The van der Waals surface area contributed by atoms with Crippen LogP contribution in [0.3, 0.4) is 0 Å². The lowest BCUT2D eigenvalue weighted by Crippen LogP contribution is -2.61. The summed E-state index contributed by atoms with van der Waals surface area (Å²) >= 11 is 0. The van der Waals surface area contributed by atoms with Crippen molar-refractivity contribution in [3.63, 3.8) is 0 Å². The molecule has 0 amide bonds. The zero-order valence-electron chi connectivity index (χ0n) is 78.0. The standard InChI is InChI=1S/C104H93BN4O/c1-100(2,3)70-47-51-88-82(58-70)83-59-71(101(4,5)6)48-52-89(83)107(88)90-43-29-39-78-79-40-30-44-91(99(79)110-98(78)90)108-92-56-68(69-53-72(102(7,8)9)57-73(54-69)103(10,11)12)46-50-84(92)105-85-49-45-67(64-31-19-16-20-32-64)55-93(85)109(95-63-75(62-94(108)96(95)105)106-86-41-27-25-37-76(86)77-38-26-28-42-87(77)106)97-80(65-33-21-17-22-34-65)60-74(104(13,14)15)61-81(97)66-35-23-18-24-36-66/h16-63H,1-15H3/i16D,19D,20D,25D,26D,27D,28D,31D,32D,37D,38D,41D,42D. The largest absolute Gasteiger partial charge is 0.452 e. The highest BCUT2D eigenvalue weighted by Crippen LogP contribution is 2.55. The molecule has 6 heteroatoms. The molecule has 3 aromatic heterocycles. The van der Waals surface area contributed by atoms with Crippen molar-refractivity contribution in [3.8, 4) is 55.9 Å². The van der Waals surface area contributed by atoms with E-state index in [1.54, 1.807) is 4.57 Å². The Bertz CT molecular complexity index is 7180. The maximum atomic E-state index is 10.2. The molecule has 0 unspecified atom stereocenters. The summed E-state index contributed by atoms with van der Waals surface area (Å²) in [6, 6.07) is 68.0. The summed E-state index contributed by atoms with van der Waals surface area (Å²) in [4.78, 5) is 4.49. The van der Waals surface area contributed by atoms with Crippen LogP contribution in [0.15, 0.2) is 295 Å². The maximum absolute atomic E-state index is 10.2. The van der Waals surface area contributed by atoms with Crippen LogP contribution in [0, 0.1) is 0 Å². The Hall–Kier alpha value is -11.9. The number of hydrogen-bond acceptors (Lipinski definition) is 3. The quantitative estimate of drug-likeness (QED) is 0.142. The van der Waals surface area contributed by atoms with Gasteiger partial charge in [-0.25, -0.2) is 0 Å². The van der Waals surface area contributed by atoms with Crippen LogP contribution >= 0.6 is 0 Å². The van der Waals surface area contributed by atoms with Crippen LogP contribution in [0.1, 0.15) is 149 Å². The molecule has 538 valence electrons. The number of hydrogen-bond donors (Lipinski definition) is 0. The minimum atomic E-state index is -0.730. The zero-order chi connectivity index (χ0) is 87.1. The van der Waals surface area contributed by atoms with Gasteiger partial charge >= 0.3 is 0 Å². The van der Waals surface area contributed by atoms with Gasteiger partial charge in [0.15, 0.2) is 11.2 Å². The first-order valence-corrected chi connectivity index (χ1v) is 38.3. The number of aromatic nitrogens is 2. The number of furan rings is 1. The number of anilines is 6. The van der Waals surface area contributed by atoms with Gasteiger partial charge in [0, 0.05) is 66.2 Å². The second kappa shape index (κ2) is 24.8. The van der Waals surface area contributed by atoms with Crippen molar-refractivity contribution in [2.45, 2.75) is 131 Å². The Morgan fingerprint density at radius 2 is 0.727 bits per heavy atom. The molecule has 0 radical (unpaired) electrons. The monoisotopic (exact) mass is 1440 g/mol. The molecule has 0 aliphatic carbocycles. The van der Waals surface area contributed by atoms with Crippen LogP contribution in [0.5, 0.6) is 0 Å². The van der Waals surface area contributed by atoms with E-state index in [9.17, 15) is 16.4 Å².